The van der Waals surface area contributed by atoms with E-state index >= 15 is 0 Å². The van der Waals surface area contributed by atoms with Crippen molar-refractivity contribution in [1.82, 2.24) is 5.32 Å². The second kappa shape index (κ2) is 7.95. The number of rotatable bonds is 9. The maximum absolute atomic E-state index is 10.8. The van der Waals surface area contributed by atoms with Crippen LogP contribution in [-0.2, 0) is 6.54 Å². The van der Waals surface area contributed by atoms with Gasteiger partial charge in [-0.3, -0.25) is 10.1 Å². The molecule has 0 heterocycles. The molecule has 0 saturated heterocycles. The van der Waals surface area contributed by atoms with E-state index in [1.165, 1.54) is 12.1 Å². The Balaban J connectivity index is 2.78. The van der Waals surface area contributed by atoms with Crippen molar-refractivity contribution < 1.29 is 14.8 Å². The van der Waals surface area contributed by atoms with Crippen molar-refractivity contribution in [2.45, 2.75) is 33.2 Å². The third-order valence-corrected chi connectivity index (χ3v) is 4.13. The smallest absolute Gasteiger partial charge is 0.270 e. The standard InChI is InChI=1S/C15H24N2O4/c1-4-15(5-2,11-18)10-16-9-12-8-13(17(19)20)6-7-14(12)21-3/h6-8,16,18H,4-5,9-11H2,1-3H3. The lowest BCUT2D eigenvalue weighted by molar-refractivity contribution is -0.384. The van der Waals surface area contributed by atoms with Gasteiger partial charge >= 0.3 is 0 Å². The van der Waals surface area contributed by atoms with Gasteiger partial charge in [-0.2, -0.15) is 0 Å². The molecule has 1 rings (SSSR count). The molecule has 2 N–H and O–H groups in total. The summed E-state index contributed by atoms with van der Waals surface area (Å²) in [6, 6.07) is 4.55. The molecular weight excluding hydrogens is 272 g/mol. The predicted octanol–water partition coefficient (Wildman–Crippen LogP) is 2.49. The lowest BCUT2D eigenvalue weighted by Crippen LogP contribution is -2.36. The lowest BCUT2D eigenvalue weighted by atomic mass is 9.83. The fraction of sp³-hybridized carbons (Fsp3) is 0.600. The molecule has 21 heavy (non-hydrogen) atoms. The zero-order valence-corrected chi connectivity index (χ0v) is 12.9. The second-order valence-electron chi connectivity index (χ2n) is 5.22. The maximum atomic E-state index is 10.8. The molecule has 0 saturated carbocycles. The monoisotopic (exact) mass is 296 g/mol. The van der Waals surface area contributed by atoms with E-state index in [9.17, 15) is 15.2 Å². The number of hydrogen-bond acceptors (Lipinski definition) is 5. The van der Waals surface area contributed by atoms with Crippen LogP contribution in [0, 0.1) is 15.5 Å². The number of hydrogen-bond donors (Lipinski definition) is 2. The van der Waals surface area contributed by atoms with Crippen LogP contribution in [0.1, 0.15) is 32.3 Å². The van der Waals surface area contributed by atoms with E-state index in [1.54, 1.807) is 13.2 Å². The molecule has 0 fully saturated rings. The van der Waals surface area contributed by atoms with Gasteiger partial charge in [0, 0.05) is 42.8 Å². The summed E-state index contributed by atoms with van der Waals surface area (Å²) in [7, 11) is 1.54. The highest BCUT2D eigenvalue weighted by Gasteiger charge is 2.24. The van der Waals surface area contributed by atoms with Crippen LogP contribution in [0.3, 0.4) is 0 Å². The second-order valence-corrected chi connectivity index (χ2v) is 5.22. The molecule has 0 aromatic heterocycles. The highest BCUT2D eigenvalue weighted by atomic mass is 16.6. The molecule has 0 unspecified atom stereocenters. The zero-order chi connectivity index (χ0) is 15.9. The molecule has 0 amide bonds. The largest absolute Gasteiger partial charge is 0.496 e. The molecule has 1 aromatic carbocycles. The van der Waals surface area contributed by atoms with Crippen molar-refractivity contribution in [1.29, 1.82) is 0 Å². The van der Waals surface area contributed by atoms with Crippen LogP contribution in [0.2, 0.25) is 0 Å². The average Bonchev–Trinajstić information content (AvgIpc) is 2.51. The fourth-order valence-electron chi connectivity index (χ4n) is 2.26. The maximum Gasteiger partial charge on any atom is 0.270 e. The summed E-state index contributed by atoms with van der Waals surface area (Å²) in [5.41, 5.74) is 0.645. The Morgan fingerprint density at radius 1 is 1.38 bits per heavy atom. The van der Waals surface area contributed by atoms with E-state index < -0.39 is 4.92 Å². The number of methoxy groups -OCH3 is 1. The number of aliphatic hydroxyl groups is 1. The SMILES string of the molecule is CCC(CC)(CO)CNCc1cc([N+](=O)[O-])ccc1OC. The van der Waals surface area contributed by atoms with Gasteiger partial charge in [0.05, 0.1) is 12.0 Å². The number of nitrogens with zero attached hydrogens (tertiary/aromatic N) is 1. The Morgan fingerprint density at radius 2 is 2.05 bits per heavy atom. The molecule has 0 atom stereocenters. The van der Waals surface area contributed by atoms with E-state index in [-0.39, 0.29) is 17.7 Å². The van der Waals surface area contributed by atoms with E-state index in [0.717, 1.165) is 18.4 Å². The van der Waals surface area contributed by atoms with Crippen LogP contribution in [0.25, 0.3) is 0 Å². The van der Waals surface area contributed by atoms with Gasteiger partial charge < -0.3 is 15.2 Å². The van der Waals surface area contributed by atoms with Gasteiger partial charge in [-0.1, -0.05) is 13.8 Å². The summed E-state index contributed by atoms with van der Waals surface area (Å²) in [6.45, 7) is 5.35. The Hall–Kier alpha value is -1.66. The highest BCUT2D eigenvalue weighted by molar-refractivity contribution is 5.43. The first-order valence-corrected chi connectivity index (χ1v) is 7.14. The topological polar surface area (TPSA) is 84.6 Å². The van der Waals surface area contributed by atoms with Crippen LogP contribution >= 0.6 is 0 Å². The highest BCUT2D eigenvalue weighted by Crippen LogP contribution is 2.26. The van der Waals surface area contributed by atoms with Crippen LogP contribution in [0.5, 0.6) is 5.75 Å². The van der Waals surface area contributed by atoms with E-state index in [4.69, 9.17) is 4.74 Å². The van der Waals surface area contributed by atoms with Gasteiger partial charge in [0.2, 0.25) is 0 Å². The van der Waals surface area contributed by atoms with Gasteiger partial charge in [0.15, 0.2) is 0 Å². The normalized spacial score (nSPS) is 11.4. The number of ether oxygens (including phenoxy) is 1. The van der Waals surface area contributed by atoms with Crippen molar-refractivity contribution in [2.75, 3.05) is 20.3 Å². The molecule has 0 aliphatic carbocycles. The molecule has 0 aliphatic rings. The first kappa shape index (κ1) is 17.4. The number of nitro benzene ring substituents is 1. The molecule has 0 bridgehead atoms. The Bertz CT molecular complexity index is 464. The summed E-state index contributed by atoms with van der Waals surface area (Å²) in [6.07, 6.45) is 1.75. The summed E-state index contributed by atoms with van der Waals surface area (Å²) >= 11 is 0. The van der Waals surface area contributed by atoms with E-state index in [1.807, 2.05) is 0 Å². The van der Waals surface area contributed by atoms with Crippen molar-refractivity contribution in [3.05, 3.63) is 33.9 Å². The van der Waals surface area contributed by atoms with Crippen molar-refractivity contribution in [2.24, 2.45) is 5.41 Å². The lowest BCUT2D eigenvalue weighted by Gasteiger charge is -2.29. The Labute approximate surface area is 125 Å². The van der Waals surface area contributed by atoms with Gasteiger partial charge in [-0.15, -0.1) is 0 Å². The van der Waals surface area contributed by atoms with E-state index in [0.29, 0.717) is 18.8 Å². The zero-order valence-electron chi connectivity index (χ0n) is 12.9. The first-order chi connectivity index (χ1) is 10.0. The quantitative estimate of drug-likeness (QED) is 0.540. The average molecular weight is 296 g/mol. The van der Waals surface area contributed by atoms with Crippen molar-refractivity contribution in [3.63, 3.8) is 0 Å². The molecule has 6 heteroatoms. The summed E-state index contributed by atoms with van der Waals surface area (Å²) < 4.78 is 5.23. The Kier molecular flexibility index (Phi) is 6.58. The predicted molar refractivity (Wildman–Crippen MR) is 81.5 cm³/mol. The van der Waals surface area contributed by atoms with Gasteiger partial charge in [-0.25, -0.2) is 0 Å². The van der Waals surface area contributed by atoms with Gasteiger partial charge in [0.1, 0.15) is 5.75 Å². The molecule has 0 aliphatic heterocycles. The van der Waals surface area contributed by atoms with Gasteiger partial charge in [-0.05, 0) is 18.9 Å². The number of non-ortho nitro benzene ring substituents is 1. The Morgan fingerprint density at radius 3 is 2.52 bits per heavy atom. The summed E-state index contributed by atoms with van der Waals surface area (Å²) in [5, 5.41) is 23.6. The molecule has 1 aromatic rings. The van der Waals surface area contributed by atoms with Crippen LogP contribution in [0.4, 0.5) is 5.69 Å². The van der Waals surface area contributed by atoms with Crippen LogP contribution < -0.4 is 10.1 Å². The molecule has 0 spiro atoms. The number of benzene rings is 1. The van der Waals surface area contributed by atoms with Crippen LogP contribution in [0.15, 0.2) is 18.2 Å². The number of aliphatic hydroxyl groups excluding tert-OH is 1. The molecule has 118 valence electrons. The minimum atomic E-state index is -0.418. The van der Waals surface area contributed by atoms with Crippen LogP contribution in [-0.4, -0.2) is 30.3 Å². The third kappa shape index (κ3) is 4.41. The number of nitrogens with one attached hydrogen (secondary N) is 1. The summed E-state index contributed by atoms with van der Waals surface area (Å²) in [5.74, 6) is 0.621. The van der Waals surface area contributed by atoms with Crippen molar-refractivity contribution >= 4 is 5.69 Å². The molecular formula is C15H24N2O4. The molecule has 6 nitrogen and oxygen atoms in total. The summed E-state index contributed by atoms with van der Waals surface area (Å²) in [4.78, 5) is 10.4. The van der Waals surface area contributed by atoms with E-state index in [2.05, 4.69) is 19.2 Å². The fourth-order valence-corrected chi connectivity index (χ4v) is 2.26. The first-order valence-electron chi connectivity index (χ1n) is 7.14. The number of nitro groups is 1. The van der Waals surface area contributed by atoms with Crippen molar-refractivity contribution in [3.8, 4) is 5.75 Å². The minimum absolute atomic E-state index is 0.0482. The van der Waals surface area contributed by atoms with Gasteiger partial charge in [0.25, 0.3) is 5.69 Å². The minimum Gasteiger partial charge on any atom is -0.496 e. The molecule has 0 radical (unpaired) electrons. The third-order valence-electron chi connectivity index (χ3n) is 4.13.